The molecule has 6 nitrogen and oxygen atoms in total. The van der Waals surface area contributed by atoms with Crippen LogP contribution in [-0.4, -0.2) is 44.5 Å². The number of carbonyl (C=O) groups is 2. The summed E-state index contributed by atoms with van der Waals surface area (Å²) in [5.41, 5.74) is 3.81. The van der Waals surface area contributed by atoms with E-state index in [0.29, 0.717) is 6.54 Å². The van der Waals surface area contributed by atoms with Gasteiger partial charge < -0.3 is 14.6 Å². The quantitative estimate of drug-likeness (QED) is 0.724. The van der Waals surface area contributed by atoms with E-state index in [0.717, 1.165) is 40.7 Å². The molecule has 29 heavy (non-hydrogen) atoms. The van der Waals surface area contributed by atoms with E-state index in [1.165, 1.54) is 0 Å². The Hall–Kier alpha value is -3.15. The molecule has 1 amide bonds. The Labute approximate surface area is 169 Å². The number of nitrogens with zero attached hydrogens (tertiary/aromatic N) is 3. The standard InChI is InChI=1S/C23H25N3O3/c1-15(19-8-5-6-12-24-19)23(29)25(2)16-10-11-21-18(13-22(27)28)17-7-3-4-9-20(17)26(21)14-16/h3-9,12,15-16H,10-11,13-14H2,1-2H3,(H,27,28)/t15?,16-/m1/s1. The van der Waals surface area contributed by atoms with Crippen molar-refractivity contribution in [3.05, 3.63) is 65.6 Å². The van der Waals surface area contributed by atoms with Gasteiger partial charge in [-0.2, -0.15) is 0 Å². The number of para-hydroxylation sites is 1. The highest BCUT2D eigenvalue weighted by Gasteiger charge is 2.31. The number of carbonyl (C=O) groups excluding carboxylic acids is 1. The molecule has 0 spiro atoms. The smallest absolute Gasteiger partial charge is 0.307 e. The highest BCUT2D eigenvalue weighted by Crippen LogP contribution is 2.32. The molecule has 4 rings (SSSR count). The fourth-order valence-electron chi connectivity index (χ4n) is 4.44. The molecular formula is C23H25N3O3. The molecule has 3 aromatic rings. The SMILES string of the molecule is CC(C(=O)N(C)[C@@H]1CCc2c(CC(=O)O)c3ccccc3n2C1)c1ccccn1. The normalized spacial score (nSPS) is 17.0. The molecule has 0 saturated heterocycles. The van der Waals surface area contributed by atoms with Gasteiger partial charge in [0, 0.05) is 42.4 Å². The van der Waals surface area contributed by atoms with E-state index in [2.05, 4.69) is 9.55 Å². The van der Waals surface area contributed by atoms with Crippen LogP contribution in [0.25, 0.3) is 10.9 Å². The van der Waals surface area contributed by atoms with Crippen molar-refractivity contribution in [1.82, 2.24) is 14.5 Å². The van der Waals surface area contributed by atoms with Crippen LogP contribution in [0.4, 0.5) is 0 Å². The van der Waals surface area contributed by atoms with Crippen LogP contribution in [-0.2, 0) is 29.0 Å². The molecule has 1 aliphatic rings. The molecule has 1 aromatic carbocycles. The lowest BCUT2D eigenvalue weighted by molar-refractivity contribution is -0.136. The van der Waals surface area contributed by atoms with Crippen molar-refractivity contribution < 1.29 is 14.7 Å². The van der Waals surface area contributed by atoms with Crippen LogP contribution in [0.15, 0.2) is 48.7 Å². The minimum absolute atomic E-state index is 0.0268. The molecule has 3 heterocycles. The van der Waals surface area contributed by atoms with Gasteiger partial charge in [-0.1, -0.05) is 24.3 Å². The van der Waals surface area contributed by atoms with Gasteiger partial charge in [0.05, 0.1) is 18.0 Å². The molecule has 0 aliphatic carbocycles. The summed E-state index contributed by atoms with van der Waals surface area (Å²) in [4.78, 5) is 30.6. The van der Waals surface area contributed by atoms with Gasteiger partial charge >= 0.3 is 5.97 Å². The Kier molecular flexibility index (Phi) is 5.09. The van der Waals surface area contributed by atoms with Crippen LogP contribution in [0.1, 0.15) is 36.2 Å². The second-order valence-corrected chi connectivity index (χ2v) is 7.74. The van der Waals surface area contributed by atoms with E-state index in [-0.39, 0.29) is 24.3 Å². The number of hydrogen-bond acceptors (Lipinski definition) is 3. The number of aliphatic carboxylic acids is 1. The number of hydrogen-bond donors (Lipinski definition) is 1. The summed E-state index contributed by atoms with van der Waals surface area (Å²) in [5.74, 6) is -1.06. The fraction of sp³-hybridized carbons (Fsp3) is 0.348. The minimum Gasteiger partial charge on any atom is -0.481 e. The summed E-state index contributed by atoms with van der Waals surface area (Å²) < 4.78 is 2.21. The van der Waals surface area contributed by atoms with Gasteiger partial charge in [-0.25, -0.2) is 0 Å². The Balaban J connectivity index is 1.61. The minimum atomic E-state index is -0.817. The van der Waals surface area contributed by atoms with Gasteiger partial charge in [0.2, 0.25) is 5.91 Å². The van der Waals surface area contributed by atoms with Gasteiger partial charge in [0.1, 0.15) is 0 Å². The van der Waals surface area contributed by atoms with Crippen LogP contribution >= 0.6 is 0 Å². The van der Waals surface area contributed by atoms with Crippen molar-refractivity contribution in [2.45, 2.75) is 44.7 Å². The van der Waals surface area contributed by atoms with E-state index in [9.17, 15) is 14.7 Å². The van der Waals surface area contributed by atoms with Crippen LogP contribution < -0.4 is 0 Å². The number of aromatic nitrogens is 2. The van der Waals surface area contributed by atoms with Crippen LogP contribution in [0.3, 0.4) is 0 Å². The molecule has 0 radical (unpaired) electrons. The van der Waals surface area contributed by atoms with Crippen molar-refractivity contribution >= 4 is 22.8 Å². The number of rotatable bonds is 5. The number of carboxylic acids is 1. The third-order valence-corrected chi connectivity index (χ3v) is 6.03. The molecule has 0 saturated carbocycles. The molecule has 0 fully saturated rings. The molecule has 1 aliphatic heterocycles. The second-order valence-electron chi connectivity index (χ2n) is 7.74. The largest absolute Gasteiger partial charge is 0.481 e. The van der Waals surface area contributed by atoms with Crippen molar-refractivity contribution in [1.29, 1.82) is 0 Å². The maximum absolute atomic E-state index is 13.1. The van der Waals surface area contributed by atoms with Crippen molar-refractivity contribution in [2.24, 2.45) is 0 Å². The summed E-state index contributed by atoms with van der Waals surface area (Å²) in [6, 6.07) is 13.6. The molecule has 2 aromatic heterocycles. The Morgan fingerprint density at radius 2 is 2.00 bits per heavy atom. The number of fused-ring (bicyclic) bond motifs is 3. The first-order valence-corrected chi connectivity index (χ1v) is 9.95. The second kappa shape index (κ2) is 7.70. The van der Waals surface area contributed by atoms with E-state index in [1.807, 2.05) is 61.3 Å². The fourth-order valence-corrected chi connectivity index (χ4v) is 4.44. The topological polar surface area (TPSA) is 75.4 Å². The van der Waals surface area contributed by atoms with Crippen molar-refractivity contribution in [3.8, 4) is 0 Å². The summed E-state index contributed by atoms with van der Waals surface area (Å²) in [5, 5.41) is 10.4. The Bertz CT molecular complexity index is 1060. The monoisotopic (exact) mass is 391 g/mol. The molecular weight excluding hydrogens is 366 g/mol. The average molecular weight is 391 g/mol. The van der Waals surface area contributed by atoms with E-state index >= 15 is 0 Å². The molecule has 2 atom stereocenters. The molecule has 1 N–H and O–H groups in total. The number of benzene rings is 1. The van der Waals surface area contributed by atoms with E-state index < -0.39 is 5.97 Å². The van der Waals surface area contributed by atoms with Gasteiger partial charge in [-0.3, -0.25) is 14.6 Å². The molecule has 1 unspecified atom stereocenters. The highest BCUT2D eigenvalue weighted by atomic mass is 16.4. The third-order valence-electron chi connectivity index (χ3n) is 6.03. The maximum atomic E-state index is 13.1. The Morgan fingerprint density at radius 1 is 1.24 bits per heavy atom. The van der Waals surface area contributed by atoms with Gasteiger partial charge in [-0.05, 0) is 43.5 Å². The zero-order valence-corrected chi connectivity index (χ0v) is 16.7. The van der Waals surface area contributed by atoms with Crippen LogP contribution in [0, 0.1) is 0 Å². The number of carboxylic acid groups (broad SMARTS) is 1. The van der Waals surface area contributed by atoms with Crippen LogP contribution in [0.5, 0.6) is 0 Å². The maximum Gasteiger partial charge on any atom is 0.307 e. The van der Waals surface area contributed by atoms with Crippen molar-refractivity contribution in [3.63, 3.8) is 0 Å². The summed E-state index contributed by atoms with van der Waals surface area (Å²) in [6.45, 7) is 2.57. The zero-order valence-electron chi connectivity index (χ0n) is 16.7. The number of amides is 1. The van der Waals surface area contributed by atoms with Crippen molar-refractivity contribution in [2.75, 3.05) is 7.05 Å². The number of pyridine rings is 1. The van der Waals surface area contributed by atoms with Crippen LogP contribution in [0.2, 0.25) is 0 Å². The molecule has 6 heteroatoms. The van der Waals surface area contributed by atoms with E-state index in [4.69, 9.17) is 0 Å². The summed E-state index contributed by atoms with van der Waals surface area (Å²) in [7, 11) is 1.86. The first kappa shape index (κ1) is 19.2. The van der Waals surface area contributed by atoms with Gasteiger partial charge in [0.15, 0.2) is 0 Å². The molecule has 150 valence electrons. The van der Waals surface area contributed by atoms with Gasteiger partial charge in [-0.15, -0.1) is 0 Å². The highest BCUT2D eigenvalue weighted by molar-refractivity contribution is 5.89. The lowest BCUT2D eigenvalue weighted by Gasteiger charge is -2.34. The first-order chi connectivity index (χ1) is 14.0. The third kappa shape index (κ3) is 3.50. The predicted molar refractivity (Wildman–Crippen MR) is 111 cm³/mol. The summed E-state index contributed by atoms with van der Waals surface area (Å²) in [6.07, 6.45) is 3.32. The Morgan fingerprint density at radius 3 is 2.72 bits per heavy atom. The lowest BCUT2D eigenvalue weighted by Crippen LogP contribution is -2.44. The van der Waals surface area contributed by atoms with Gasteiger partial charge in [0.25, 0.3) is 0 Å². The number of likely N-dealkylation sites (N-methyl/N-ethyl adjacent to an activating group) is 1. The van der Waals surface area contributed by atoms with E-state index in [1.54, 1.807) is 6.20 Å². The first-order valence-electron chi connectivity index (χ1n) is 9.95. The molecule has 0 bridgehead atoms. The predicted octanol–water partition coefficient (Wildman–Crippen LogP) is 3.24. The average Bonchev–Trinajstić information content (AvgIpc) is 3.05. The zero-order chi connectivity index (χ0) is 20.5. The summed E-state index contributed by atoms with van der Waals surface area (Å²) >= 11 is 0. The lowest BCUT2D eigenvalue weighted by atomic mass is 9.98.